The number of hydrogen-bond donors (Lipinski definition) is 1. The van der Waals surface area contributed by atoms with Gasteiger partial charge in [-0.1, -0.05) is 47.7 Å². The SMILES string of the molecule is COc1cccc([C@@H]2C3=C(N=c4s/c(=C/c5cc(I)c(O)c([N+](=O)[O-])c5)c(=O)n42)c2ccccc2CC3)c1. The summed E-state index contributed by atoms with van der Waals surface area (Å²) in [6.45, 7) is 0. The number of hydrogen-bond acceptors (Lipinski definition) is 7. The van der Waals surface area contributed by atoms with Crippen molar-refractivity contribution in [3.05, 3.63) is 122 Å². The molecule has 2 heterocycles. The van der Waals surface area contributed by atoms with Gasteiger partial charge in [0, 0.05) is 11.6 Å². The average molecular weight is 637 g/mol. The number of methoxy groups -OCH3 is 1. The lowest BCUT2D eigenvalue weighted by Gasteiger charge is -2.31. The first kappa shape index (κ1) is 24.6. The Hall–Kier alpha value is -3.77. The molecule has 4 aromatic rings. The zero-order chi connectivity index (χ0) is 26.6. The Balaban J connectivity index is 1.61. The van der Waals surface area contributed by atoms with Crippen molar-refractivity contribution in [2.24, 2.45) is 4.99 Å². The van der Waals surface area contributed by atoms with E-state index in [1.807, 2.05) is 59.0 Å². The van der Waals surface area contributed by atoms with Crippen molar-refractivity contribution in [3.8, 4) is 11.5 Å². The van der Waals surface area contributed by atoms with Gasteiger partial charge in [-0.2, -0.15) is 0 Å². The van der Waals surface area contributed by atoms with Gasteiger partial charge in [-0.05, 0) is 82.0 Å². The largest absolute Gasteiger partial charge is 0.501 e. The van der Waals surface area contributed by atoms with Crippen LogP contribution in [-0.4, -0.2) is 21.7 Å². The molecule has 8 nitrogen and oxygen atoms in total. The Bertz CT molecular complexity index is 1860. The third kappa shape index (κ3) is 4.04. The lowest BCUT2D eigenvalue weighted by Crippen LogP contribution is -2.38. The maximum atomic E-state index is 13.9. The van der Waals surface area contributed by atoms with Crippen LogP contribution in [0.4, 0.5) is 5.69 Å². The molecule has 0 unspecified atom stereocenters. The van der Waals surface area contributed by atoms with E-state index in [0.717, 1.165) is 35.2 Å². The molecule has 0 radical (unpaired) electrons. The van der Waals surface area contributed by atoms with Gasteiger partial charge in [0.1, 0.15) is 5.75 Å². The molecule has 38 heavy (non-hydrogen) atoms. The van der Waals surface area contributed by atoms with Crippen molar-refractivity contribution in [2.75, 3.05) is 7.11 Å². The zero-order valence-corrected chi connectivity index (χ0v) is 23.0. The summed E-state index contributed by atoms with van der Waals surface area (Å²) >= 11 is 3.09. The van der Waals surface area contributed by atoms with Crippen LogP contribution in [0.15, 0.2) is 76.0 Å². The highest BCUT2D eigenvalue weighted by molar-refractivity contribution is 14.1. The molecule has 3 aromatic carbocycles. The molecule has 1 aromatic heterocycles. The number of thiazole rings is 1. The van der Waals surface area contributed by atoms with Crippen LogP contribution in [0.3, 0.4) is 0 Å². The quantitative estimate of drug-likeness (QED) is 0.201. The summed E-state index contributed by atoms with van der Waals surface area (Å²) in [7, 11) is 1.62. The number of aryl methyl sites for hydroxylation is 1. The Morgan fingerprint density at radius 1 is 1.18 bits per heavy atom. The number of phenols is 1. The average Bonchev–Trinajstić information content (AvgIpc) is 3.23. The van der Waals surface area contributed by atoms with Gasteiger partial charge in [-0.3, -0.25) is 19.5 Å². The number of nitro groups is 1. The number of nitrogens with zero attached hydrogens (tertiary/aromatic N) is 3. The van der Waals surface area contributed by atoms with Gasteiger partial charge in [0.25, 0.3) is 5.56 Å². The maximum absolute atomic E-state index is 13.9. The topological polar surface area (TPSA) is 107 Å². The number of fused-ring (bicyclic) bond motifs is 3. The zero-order valence-electron chi connectivity index (χ0n) is 20.1. The monoisotopic (exact) mass is 637 g/mol. The molecule has 0 fully saturated rings. The van der Waals surface area contributed by atoms with Gasteiger partial charge >= 0.3 is 5.69 Å². The highest BCUT2D eigenvalue weighted by Gasteiger charge is 2.32. The molecule has 0 saturated heterocycles. The summed E-state index contributed by atoms with van der Waals surface area (Å²) in [5.41, 5.74) is 5.01. The standard InChI is InChI=1S/C28H20IN3O5S/c1-37-18-7-4-6-17(14-18)25-20-10-9-16-5-2-3-8-19(16)24(20)30-28-31(25)27(34)23(38-28)13-15-11-21(29)26(33)22(12-15)32(35)36/h2-8,11-14,25,33H,9-10H2,1H3/b23-13+/t25-/m1/s1. The highest BCUT2D eigenvalue weighted by Crippen LogP contribution is 2.41. The van der Waals surface area contributed by atoms with Crippen molar-refractivity contribution >= 4 is 51.4 Å². The van der Waals surface area contributed by atoms with Crippen molar-refractivity contribution in [2.45, 2.75) is 18.9 Å². The van der Waals surface area contributed by atoms with E-state index in [9.17, 15) is 20.0 Å². The summed E-state index contributed by atoms with van der Waals surface area (Å²) in [5, 5.41) is 21.5. The van der Waals surface area contributed by atoms with Crippen LogP contribution in [0.1, 0.15) is 34.7 Å². The minimum atomic E-state index is -0.634. The van der Waals surface area contributed by atoms with E-state index >= 15 is 0 Å². The molecule has 2 aliphatic rings. The molecule has 0 saturated carbocycles. The normalized spacial score (nSPS) is 16.4. The number of aromatic nitrogens is 1. The summed E-state index contributed by atoms with van der Waals surface area (Å²) in [4.78, 5) is 30.2. The van der Waals surface area contributed by atoms with E-state index in [2.05, 4.69) is 12.1 Å². The summed E-state index contributed by atoms with van der Waals surface area (Å²) in [6.07, 6.45) is 3.24. The number of benzene rings is 3. The van der Waals surface area contributed by atoms with E-state index in [4.69, 9.17) is 9.73 Å². The highest BCUT2D eigenvalue weighted by atomic mass is 127. The number of ether oxygens (including phenoxy) is 1. The van der Waals surface area contributed by atoms with Gasteiger partial charge in [-0.15, -0.1) is 0 Å². The lowest BCUT2D eigenvalue weighted by atomic mass is 9.83. The Morgan fingerprint density at radius 3 is 2.79 bits per heavy atom. The minimum Gasteiger partial charge on any atom is -0.501 e. The molecule has 0 bridgehead atoms. The first-order valence-corrected chi connectivity index (χ1v) is 13.7. The van der Waals surface area contributed by atoms with E-state index in [0.29, 0.717) is 24.2 Å². The molecular formula is C28H20IN3O5S. The Labute approximate surface area is 234 Å². The fraction of sp³-hybridized carbons (Fsp3) is 0.143. The molecule has 1 N–H and O–H groups in total. The van der Waals surface area contributed by atoms with Crippen molar-refractivity contribution in [1.82, 2.24) is 4.57 Å². The molecule has 1 aliphatic heterocycles. The molecule has 6 rings (SSSR count). The fourth-order valence-corrected chi connectivity index (χ4v) is 6.75. The maximum Gasteiger partial charge on any atom is 0.312 e. The van der Waals surface area contributed by atoms with E-state index < -0.39 is 16.4 Å². The summed E-state index contributed by atoms with van der Waals surface area (Å²) < 4.78 is 7.94. The van der Waals surface area contributed by atoms with Gasteiger partial charge < -0.3 is 9.84 Å². The van der Waals surface area contributed by atoms with Crippen LogP contribution >= 0.6 is 33.9 Å². The molecule has 0 spiro atoms. The van der Waals surface area contributed by atoms with Crippen LogP contribution in [0.2, 0.25) is 0 Å². The Morgan fingerprint density at radius 2 is 2.00 bits per heavy atom. The molecule has 190 valence electrons. The summed E-state index contributed by atoms with van der Waals surface area (Å²) in [6, 6.07) is 18.5. The second-order valence-corrected chi connectivity index (χ2v) is 11.2. The molecular weight excluding hydrogens is 617 g/mol. The minimum absolute atomic E-state index is 0.224. The van der Waals surface area contributed by atoms with Crippen LogP contribution in [0.25, 0.3) is 11.8 Å². The predicted molar refractivity (Wildman–Crippen MR) is 153 cm³/mol. The first-order chi connectivity index (χ1) is 18.4. The number of halogens is 1. The van der Waals surface area contributed by atoms with Gasteiger partial charge in [0.05, 0.1) is 31.9 Å². The van der Waals surface area contributed by atoms with Crippen LogP contribution in [-0.2, 0) is 6.42 Å². The number of allylic oxidation sites excluding steroid dienone is 1. The first-order valence-electron chi connectivity index (χ1n) is 11.8. The molecule has 1 atom stereocenters. The van der Waals surface area contributed by atoms with Crippen LogP contribution in [0, 0.1) is 13.7 Å². The van der Waals surface area contributed by atoms with Crippen LogP contribution in [0.5, 0.6) is 11.5 Å². The van der Waals surface area contributed by atoms with Gasteiger partial charge in [-0.25, -0.2) is 4.99 Å². The third-order valence-electron chi connectivity index (χ3n) is 6.84. The smallest absolute Gasteiger partial charge is 0.312 e. The molecule has 1 aliphatic carbocycles. The molecule has 10 heteroatoms. The van der Waals surface area contributed by atoms with Gasteiger partial charge in [0.15, 0.2) is 4.80 Å². The Kier molecular flexibility index (Phi) is 6.15. The number of rotatable bonds is 4. The predicted octanol–water partition coefficient (Wildman–Crippen LogP) is 4.55. The van der Waals surface area contributed by atoms with Gasteiger partial charge in [0.2, 0.25) is 5.75 Å². The lowest BCUT2D eigenvalue weighted by molar-refractivity contribution is -0.386. The second-order valence-electron chi connectivity index (χ2n) is 9.02. The third-order valence-corrected chi connectivity index (χ3v) is 8.65. The molecule has 0 amide bonds. The van der Waals surface area contributed by atoms with E-state index in [1.165, 1.54) is 23.0 Å². The van der Waals surface area contributed by atoms with Crippen LogP contribution < -0.4 is 19.6 Å². The number of nitro benzene ring substituents is 1. The van der Waals surface area contributed by atoms with E-state index in [1.54, 1.807) is 23.8 Å². The van der Waals surface area contributed by atoms with E-state index in [-0.39, 0.29) is 11.6 Å². The number of phenolic OH excluding ortho intramolecular Hbond substituents is 1. The fourth-order valence-electron chi connectivity index (χ4n) is 5.11. The van der Waals surface area contributed by atoms with Crippen molar-refractivity contribution < 1.29 is 14.8 Å². The second kappa shape index (κ2) is 9.52. The van der Waals surface area contributed by atoms with Crippen molar-refractivity contribution in [3.63, 3.8) is 0 Å². The summed E-state index contributed by atoms with van der Waals surface area (Å²) in [5.74, 6) is 0.310. The number of aromatic hydroxyl groups is 1. The van der Waals surface area contributed by atoms with Crippen molar-refractivity contribution in [1.29, 1.82) is 0 Å².